The van der Waals surface area contributed by atoms with E-state index >= 15 is 0 Å². The third-order valence-corrected chi connectivity index (χ3v) is 4.13. The fraction of sp³-hybridized carbons (Fsp3) is 0.500. The van der Waals surface area contributed by atoms with Crippen molar-refractivity contribution < 1.29 is 9.21 Å². The van der Waals surface area contributed by atoms with Gasteiger partial charge in [-0.15, -0.1) is 0 Å². The number of hydrogen-bond acceptors (Lipinski definition) is 3. The largest absolute Gasteiger partial charge is 0.467 e. The van der Waals surface area contributed by atoms with Gasteiger partial charge in [0.15, 0.2) is 0 Å². The van der Waals surface area contributed by atoms with E-state index in [4.69, 9.17) is 4.42 Å². The minimum absolute atomic E-state index is 0.0966. The normalized spacial score (nSPS) is 19.4. The van der Waals surface area contributed by atoms with Crippen molar-refractivity contribution in [1.82, 2.24) is 15.1 Å². The van der Waals surface area contributed by atoms with Gasteiger partial charge in [-0.1, -0.05) is 12.8 Å². The maximum absolute atomic E-state index is 12.6. The number of furan rings is 1. The number of H-pyrrole nitrogens is 1. The van der Waals surface area contributed by atoms with E-state index in [0.29, 0.717) is 6.42 Å². The fourth-order valence-electron chi connectivity index (χ4n) is 2.99. The molecule has 3 rings (SSSR count). The first kappa shape index (κ1) is 13.9. The van der Waals surface area contributed by atoms with Gasteiger partial charge >= 0.3 is 0 Å². The minimum atomic E-state index is 0.0966. The highest BCUT2D eigenvalue weighted by Crippen LogP contribution is 2.31. The average Bonchev–Trinajstić information content (AvgIpc) is 3.15. The summed E-state index contributed by atoms with van der Waals surface area (Å²) in [6.45, 7) is 0.829. The maximum Gasteiger partial charge on any atom is 0.223 e. The molecular formula is C16H21N3O2. The topological polar surface area (TPSA) is 62.1 Å². The lowest BCUT2D eigenvalue weighted by Crippen LogP contribution is -2.34. The smallest absolute Gasteiger partial charge is 0.223 e. The summed E-state index contributed by atoms with van der Waals surface area (Å²) in [5.74, 6) is 1.12. The van der Waals surface area contributed by atoms with Crippen LogP contribution in [0.4, 0.5) is 0 Å². The summed E-state index contributed by atoms with van der Waals surface area (Å²) in [6.07, 6.45) is 11.0. The van der Waals surface area contributed by atoms with Crippen LogP contribution >= 0.6 is 0 Å². The van der Waals surface area contributed by atoms with Crippen molar-refractivity contribution >= 4 is 5.91 Å². The molecular weight excluding hydrogens is 266 g/mol. The van der Waals surface area contributed by atoms with Crippen molar-refractivity contribution in [2.75, 3.05) is 6.54 Å². The van der Waals surface area contributed by atoms with Crippen LogP contribution in [-0.4, -0.2) is 27.5 Å². The second kappa shape index (κ2) is 6.61. The van der Waals surface area contributed by atoms with Crippen LogP contribution < -0.4 is 0 Å². The van der Waals surface area contributed by atoms with E-state index in [-0.39, 0.29) is 11.9 Å². The number of rotatable bonds is 4. The number of aromatic amines is 1. The molecule has 5 nitrogen and oxygen atoms in total. The Kier molecular flexibility index (Phi) is 4.38. The first-order chi connectivity index (χ1) is 10.3. The summed E-state index contributed by atoms with van der Waals surface area (Å²) >= 11 is 0. The number of carbonyl (C=O) groups is 1. The molecule has 0 spiro atoms. The van der Waals surface area contributed by atoms with E-state index in [1.165, 1.54) is 6.42 Å². The van der Waals surface area contributed by atoms with Gasteiger partial charge < -0.3 is 9.32 Å². The van der Waals surface area contributed by atoms with Crippen molar-refractivity contribution in [2.24, 2.45) is 0 Å². The number of nitrogens with one attached hydrogen (secondary N) is 1. The molecule has 1 saturated heterocycles. The summed E-state index contributed by atoms with van der Waals surface area (Å²) in [7, 11) is 0. The number of carbonyl (C=O) groups excluding carboxylic acids is 1. The van der Waals surface area contributed by atoms with E-state index in [1.807, 2.05) is 23.2 Å². The van der Waals surface area contributed by atoms with Crippen LogP contribution in [0.1, 0.15) is 49.5 Å². The van der Waals surface area contributed by atoms with Gasteiger partial charge in [-0.2, -0.15) is 5.10 Å². The van der Waals surface area contributed by atoms with Crippen LogP contribution in [0.2, 0.25) is 0 Å². The molecule has 0 aromatic carbocycles. The lowest BCUT2D eigenvalue weighted by Gasteiger charge is -2.28. The van der Waals surface area contributed by atoms with Gasteiger partial charge in [0.2, 0.25) is 5.91 Å². The molecule has 0 bridgehead atoms. The molecule has 1 atom stereocenters. The Morgan fingerprint density at radius 2 is 2.38 bits per heavy atom. The Morgan fingerprint density at radius 1 is 1.43 bits per heavy atom. The Labute approximate surface area is 124 Å². The van der Waals surface area contributed by atoms with Gasteiger partial charge in [0.25, 0.3) is 0 Å². The zero-order valence-corrected chi connectivity index (χ0v) is 12.1. The van der Waals surface area contributed by atoms with Crippen LogP contribution in [0.5, 0.6) is 0 Å². The molecule has 0 radical (unpaired) electrons. The lowest BCUT2D eigenvalue weighted by molar-refractivity contribution is -0.134. The molecule has 2 aromatic rings. The van der Waals surface area contributed by atoms with Crippen molar-refractivity contribution in [3.05, 3.63) is 42.1 Å². The SMILES string of the molecule is O=C(CCc1cn[nH]c1)N1CCCCCC1c1ccco1. The Balaban J connectivity index is 1.68. The molecule has 0 saturated carbocycles. The highest BCUT2D eigenvalue weighted by molar-refractivity contribution is 5.77. The summed E-state index contributed by atoms with van der Waals surface area (Å²) < 4.78 is 5.55. The van der Waals surface area contributed by atoms with E-state index < -0.39 is 0 Å². The fourth-order valence-corrected chi connectivity index (χ4v) is 2.99. The number of nitrogens with zero attached hydrogens (tertiary/aromatic N) is 2. The predicted molar refractivity (Wildman–Crippen MR) is 78.5 cm³/mol. The molecule has 112 valence electrons. The number of amides is 1. The zero-order valence-electron chi connectivity index (χ0n) is 12.1. The highest BCUT2D eigenvalue weighted by atomic mass is 16.3. The van der Waals surface area contributed by atoms with Crippen LogP contribution in [0, 0.1) is 0 Å². The summed E-state index contributed by atoms with van der Waals surface area (Å²) in [5.41, 5.74) is 1.08. The second-order valence-corrected chi connectivity index (χ2v) is 5.57. The van der Waals surface area contributed by atoms with E-state index in [1.54, 1.807) is 12.5 Å². The molecule has 21 heavy (non-hydrogen) atoms. The minimum Gasteiger partial charge on any atom is -0.467 e. The van der Waals surface area contributed by atoms with Gasteiger partial charge in [0.05, 0.1) is 18.5 Å². The second-order valence-electron chi connectivity index (χ2n) is 5.57. The van der Waals surface area contributed by atoms with Gasteiger partial charge in [0, 0.05) is 19.2 Å². The van der Waals surface area contributed by atoms with E-state index in [2.05, 4.69) is 10.2 Å². The van der Waals surface area contributed by atoms with Crippen molar-refractivity contribution in [3.63, 3.8) is 0 Å². The Morgan fingerprint density at radius 3 is 3.14 bits per heavy atom. The molecule has 1 amide bonds. The summed E-state index contributed by atoms with van der Waals surface area (Å²) in [6, 6.07) is 3.97. The highest BCUT2D eigenvalue weighted by Gasteiger charge is 2.28. The van der Waals surface area contributed by atoms with Gasteiger partial charge in [-0.3, -0.25) is 9.89 Å². The molecule has 1 unspecified atom stereocenters. The van der Waals surface area contributed by atoms with Crippen molar-refractivity contribution in [3.8, 4) is 0 Å². The van der Waals surface area contributed by atoms with E-state index in [0.717, 1.165) is 43.6 Å². The lowest BCUT2D eigenvalue weighted by atomic mass is 10.1. The number of aryl methyl sites for hydroxylation is 1. The third kappa shape index (κ3) is 3.35. The molecule has 5 heteroatoms. The van der Waals surface area contributed by atoms with Gasteiger partial charge in [-0.05, 0) is 37.0 Å². The maximum atomic E-state index is 12.6. The monoisotopic (exact) mass is 287 g/mol. The molecule has 3 heterocycles. The molecule has 2 aromatic heterocycles. The molecule has 1 fully saturated rings. The molecule has 1 N–H and O–H groups in total. The van der Waals surface area contributed by atoms with Crippen molar-refractivity contribution in [2.45, 2.75) is 44.6 Å². The average molecular weight is 287 g/mol. The molecule has 1 aliphatic rings. The quantitative estimate of drug-likeness (QED) is 0.940. The third-order valence-electron chi connectivity index (χ3n) is 4.13. The van der Waals surface area contributed by atoms with Gasteiger partial charge in [0.1, 0.15) is 5.76 Å². The molecule has 1 aliphatic heterocycles. The standard InChI is InChI=1S/C16H21N3O2/c20-16(8-7-13-11-17-18-12-13)19-9-3-1-2-5-14(19)15-6-4-10-21-15/h4,6,10-12,14H,1-3,5,7-9H2,(H,17,18). The Bertz CT molecular complexity index is 548. The Hall–Kier alpha value is -2.04. The van der Waals surface area contributed by atoms with Crippen LogP contribution in [0.25, 0.3) is 0 Å². The zero-order chi connectivity index (χ0) is 14.5. The van der Waals surface area contributed by atoms with Crippen LogP contribution in [-0.2, 0) is 11.2 Å². The molecule has 0 aliphatic carbocycles. The number of hydrogen-bond donors (Lipinski definition) is 1. The van der Waals surface area contributed by atoms with Crippen LogP contribution in [0.15, 0.2) is 35.2 Å². The summed E-state index contributed by atoms with van der Waals surface area (Å²) in [5, 5.41) is 6.70. The van der Waals surface area contributed by atoms with E-state index in [9.17, 15) is 4.79 Å². The summed E-state index contributed by atoms with van der Waals surface area (Å²) in [4.78, 5) is 14.6. The predicted octanol–water partition coefficient (Wildman–Crippen LogP) is 3.08. The first-order valence-electron chi connectivity index (χ1n) is 7.65. The van der Waals surface area contributed by atoms with Crippen molar-refractivity contribution in [1.29, 1.82) is 0 Å². The number of aromatic nitrogens is 2. The first-order valence-corrected chi connectivity index (χ1v) is 7.65. The van der Waals surface area contributed by atoms with Crippen LogP contribution in [0.3, 0.4) is 0 Å². The van der Waals surface area contributed by atoms with Gasteiger partial charge in [-0.25, -0.2) is 0 Å². The number of likely N-dealkylation sites (tertiary alicyclic amines) is 1.